The number of amides is 2. The topological polar surface area (TPSA) is 86.9 Å². The monoisotopic (exact) mass is 436 g/mol. The van der Waals surface area contributed by atoms with Crippen molar-refractivity contribution in [3.05, 3.63) is 76.4 Å². The van der Waals surface area contributed by atoms with E-state index in [1.807, 2.05) is 12.1 Å². The number of anilines is 2. The zero-order chi connectivity index (χ0) is 22.2. The minimum atomic E-state index is -0.374. The molecule has 0 atom stereocenters. The summed E-state index contributed by atoms with van der Waals surface area (Å²) in [7, 11) is 0. The maximum atomic E-state index is 13.0. The maximum absolute atomic E-state index is 13.0. The van der Waals surface area contributed by atoms with Crippen molar-refractivity contribution in [2.75, 3.05) is 10.6 Å². The molecule has 2 amide bonds. The molecule has 0 unspecified atom stereocenters. The van der Waals surface area contributed by atoms with Crippen molar-refractivity contribution in [2.45, 2.75) is 26.2 Å². The van der Waals surface area contributed by atoms with E-state index in [4.69, 9.17) is 0 Å². The molecule has 0 saturated carbocycles. The Morgan fingerprint density at radius 1 is 0.968 bits per heavy atom. The van der Waals surface area contributed by atoms with Gasteiger partial charge in [-0.05, 0) is 53.4 Å². The summed E-state index contributed by atoms with van der Waals surface area (Å²) >= 11 is 1.20. The Kier molecular flexibility index (Phi) is 5.32. The van der Waals surface area contributed by atoms with Gasteiger partial charge in [0, 0.05) is 11.3 Å². The van der Waals surface area contributed by atoms with Gasteiger partial charge in [0.2, 0.25) is 0 Å². The van der Waals surface area contributed by atoms with Crippen LogP contribution in [0.5, 0.6) is 0 Å². The van der Waals surface area contributed by atoms with Crippen molar-refractivity contribution in [3.8, 4) is 0 Å². The predicted octanol–water partition coefficient (Wildman–Crippen LogP) is 5.57. The van der Waals surface area contributed by atoms with Crippen LogP contribution in [0.1, 0.15) is 46.4 Å². The number of thiophene rings is 1. The fourth-order valence-corrected chi connectivity index (χ4v) is 3.94. The third kappa shape index (κ3) is 4.49. The Balaban J connectivity index is 1.50. The molecule has 2 aromatic heterocycles. The first-order valence-corrected chi connectivity index (χ1v) is 10.5. The molecule has 31 heavy (non-hydrogen) atoms. The Hall–Kier alpha value is -3.52. The second kappa shape index (κ2) is 7.96. The molecule has 0 fully saturated rings. The molecule has 0 aliphatic rings. The number of benzene rings is 2. The molecule has 0 spiro atoms. The maximum Gasteiger partial charge on any atom is 0.265 e. The number of carbonyl (C=O) groups is 2. The van der Waals surface area contributed by atoms with Crippen molar-refractivity contribution in [1.29, 1.82) is 0 Å². The minimum Gasteiger partial charge on any atom is -0.321 e. The fraction of sp³-hybridized carbons (Fsp3) is 0.174. The number of nitrogens with one attached hydrogen (secondary N) is 3. The lowest BCUT2D eigenvalue weighted by molar-refractivity contribution is 0.102. The third-order valence-electron chi connectivity index (χ3n) is 4.83. The number of H-pyrrole nitrogens is 1. The van der Waals surface area contributed by atoms with Gasteiger partial charge in [0.25, 0.3) is 11.8 Å². The number of hydrogen-bond donors (Lipinski definition) is 3. The van der Waals surface area contributed by atoms with E-state index in [1.165, 1.54) is 35.6 Å². The van der Waals surface area contributed by atoms with Crippen LogP contribution in [0.15, 0.2) is 54.6 Å². The highest BCUT2D eigenvalue weighted by Gasteiger charge is 2.18. The van der Waals surface area contributed by atoms with Gasteiger partial charge in [-0.1, -0.05) is 32.9 Å². The molecule has 0 saturated heterocycles. The lowest BCUT2D eigenvalue weighted by atomic mass is 9.87. The molecular weight excluding hydrogens is 415 g/mol. The average molecular weight is 437 g/mol. The molecule has 0 aliphatic carbocycles. The van der Waals surface area contributed by atoms with Crippen LogP contribution < -0.4 is 10.6 Å². The highest BCUT2D eigenvalue weighted by molar-refractivity contribution is 7.20. The van der Waals surface area contributed by atoms with E-state index in [0.717, 1.165) is 5.56 Å². The molecule has 2 aromatic carbocycles. The van der Waals surface area contributed by atoms with Crippen LogP contribution in [0.25, 0.3) is 10.2 Å². The summed E-state index contributed by atoms with van der Waals surface area (Å²) < 4.78 is 13.0. The molecule has 2 heterocycles. The van der Waals surface area contributed by atoms with Gasteiger partial charge in [-0.2, -0.15) is 5.10 Å². The molecule has 8 heteroatoms. The normalized spacial score (nSPS) is 11.5. The summed E-state index contributed by atoms with van der Waals surface area (Å²) in [6.45, 7) is 6.34. The Morgan fingerprint density at radius 3 is 2.29 bits per heavy atom. The van der Waals surface area contributed by atoms with E-state index in [9.17, 15) is 14.0 Å². The Bertz CT molecular complexity index is 1250. The van der Waals surface area contributed by atoms with Crippen molar-refractivity contribution in [2.24, 2.45) is 0 Å². The molecule has 4 rings (SSSR count). The van der Waals surface area contributed by atoms with Gasteiger partial charge >= 0.3 is 0 Å². The molecule has 158 valence electrons. The quantitative estimate of drug-likeness (QED) is 0.391. The molecule has 6 nitrogen and oxygen atoms in total. The highest BCUT2D eigenvalue weighted by Crippen LogP contribution is 2.30. The second-order valence-corrected chi connectivity index (χ2v) is 9.20. The van der Waals surface area contributed by atoms with Crippen molar-refractivity contribution < 1.29 is 14.0 Å². The number of fused-ring (bicyclic) bond motifs is 1. The SMILES string of the molecule is CC(C)(C)c1ccc(C(=O)Nc2[nH]nc3sc(C(=O)Nc4ccc(F)cc4)cc23)cc1. The standard InChI is InChI=1S/C23H21FN4O2S/c1-23(2,3)14-6-4-13(5-7-14)20(29)26-19-17-12-18(31-22(17)28-27-19)21(30)25-16-10-8-15(24)9-11-16/h4-12H,1-3H3,(H,25,30)(H2,26,27,28,29). The number of rotatable bonds is 4. The lowest BCUT2D eigenvalue weighted by Gasteiger charge is -2.19. The van der Waals surface area contributed by atoms with Crippen LogP contribution in [0.4, 0.5) is 15.9 Å². The predicted molar refractivity (Wildman–Crippen MR) is 121 cm³/mol. The van der Waals surface area contributed by atoms with E-state index >= 15 is 0 Å². The first-order valence-electron chi connectivity index (χ1n) is 9.67. The van der Waals surface area contributed by atoms with E-state index in [0.29, 0.717) is 32.2 Å². The number of aromatic amines is 1. The average Bonchev–Trinajstić information content (AvgIpc) is 3.31. The van der Waals surface area contributed by atoms with Gasteiger partial charge in [0.15, 0.2) is 0 Å². The van der Waals surface area contributed by atoms with Crippen LogP contribution in [-0.4, -0.2) is 22.0 Å². The van der Waals surface area contributed by atoms with Crippen LogP contribution in [0.3, 0.4) is 0 Å². The number of nitrogens with zero attached hydrogens (tertiary/aromatic N) is 1. The zero-order valence-electron chi connectivity index (χ0n) is 17.2. The summed E-state index contributed by atoms with van der Waals surface area (Å²) in [5.41, 5.74) is 2.17. The number of halogens is 1. The summed E-state index contributed by atoms with van der Waals surface area (Å²) in [5, 5.41) is 13.2. The minimum absolute atomic E-state index is 0.00606. The third-order valence-corrected chi connectivity index (χ3v) is 5.86. The van der Waals surface area contributed by atoms with Gasteiger partial charge in [-0.15, -0.1) is 11.3 Å². The van der Waals surface area contributed by atoms with E-state index < -0.39 is 0 Å². The largest absolute Gasteiger partial charge is 0.321 e. The summed E-state index contributed by atoms with van der Waals surface area (Å²) in [6.07, 6.45) is 0. The van der Waals surface area contributed by atoms with Crippen molar-refractivity contribution >= 4 is 44.9 Å². The Labute approximate surface area is 182 Å². The fourth-order valence-electron chi connectivity index (χ4n) is 3.05. The molecule has 3 N–H and O–H groups in total. The van der Waals surface area contributed by atoms with E-state index in [2.05, 4.69) is 41.6 Å². The van der Waals surface area contributed by atoms with Gasteiger partial charge in [0.1, 0.15) is 16.5 Å². The molecule has 0 radical (unpaired) electrons. The lowest BCUT2D eigenvalue weighted by Crippen LogP contribution is -2.14. The molecule has 4 aromatic rings. The van der Waals surface area contributed by atoms with Crippen LogP contribution in [-0.2, 0) is 5.41 Å². The van der Waals surface area contributed by atoms with Gasteiger partial charge in [-0.3, -0.25) is 14.7 Å². The smallest absolute Gasteiger partial charge is 0.265 e. The first kappa shape index (κ1) is 20.7. The number of hydrogen-bond acceptors (Lipinski definition) is 4. The van der Waals surface area contributed by atoms with Gasteiger partial charge < -0.3 is 10.6 Å². The first-order chi connectivity index (χ1) is 14.7. The van der Waals surface area contributed by atoms with Crippen LogP contribution in [0.2, 0.25) is 0 Å². The second-order valence-electron chi connectivity index (χ2n) is 8.17. The van der Waals surface area contributed by atoms with Gasteiger partial charge in [0.05, 0.1) is 10.3 Å². The van der Waals surface area contributed by atoms with Crippen molar-refractivity contribution in [1.82, 2.24) is 10.2 Å². The van der Waals surface area contributed by atoms with Crippen LogP contribution >= 0.6 is 11.3 Å². The molecule has 0 aliphatic heterocycles. The van der Waals surface area contributed by atoms with Gasteiger partial charge in [-0.25, -0.2) is 4.39 Å². The summed E-state index contributed by atoms with van der Waals surface area (Å²) in [5.74, 6) is -0.544. The summed E-state index contributed by atoms with van der Waals surface area (Å²) in [6, 6.07) is 14.7. The van der Waals surface area contributed by atoms with Crippen molar-refractivity contribution in [3.63, 3.8) is 0 Å². The number of aromatic nitrogens is 2. The number of carbonyl (C=O) groups excluding carboxylic acids is 2. The van der Waals surface area contributed by atoms with E-state index in [1.54, 1.807) is 18.2 Å². The summed E-state index contributed by atoms with van der Waals surface area (Å²) in [4.78, 5) is 26.2. The highest BCUT2D eigenvalue weighted by atomic mass is 32.1. The zero-order valence-corrected chi connectivity index (χ0v) is 18.1. The molecule has 0 bridgehead atoms. The Morgan fingerprint density at radius 2 is 1.65 bits per heavy atom. The molecular formula is C23H21FN4O2S. The van der Waals surface area contributed by atoms with E-state index in [-0.39, 0.29) is 23.0 Å². The van der Waals surface area contributed by atoms with Crippen LogP contribution in [0, 0.1) is 5.82 Å².